The van der Waals surface area contributed by atoms with Gasteiger partial charge in [-0.25, -0.2) is 9.78 Å². The van der Waals surface area contributed by atoms with Gasteiger partial charge in [-0.1, -0.05) is 23.7 Å². The molecule has 0 radical (unpaired) electrons. The molecule has 0 aliphatic carbocycles. The minimum atomic E-state index is -1.21. The van der Waals surface area contributed by atoms with Crippen LogP contribution in [0.4, 0.5) is 5.69 Å². The van der Waals surface area contributed by atoms with Crippen LogP contribution < -0.4 is 4.74 Å². The molecule has 1 aromatic heterocycles. The minimum Gasteiger partial charge on any atom is -0.481 e. The Labute approximate surface area is 123 Å². The van der Waals surface area contributed by atoms with Gasteiger partial charge >= 0.3 is 11.7 Å². The maximum atomic E-state index is 11.0. The maximum absolute atomic E-state index is 11.0. The lowest BCUT2D eigenvalue weighted by atomic mass is 10.2. The number of aromatic nitrogens is 1. The van der Waals surface area contributed by atoms with Gasteiger partial charge in [0.2, 0.25) is 5.75 Å². The summed E-state index contributed by atoms with van der Waals surface area (Å²) in [5.41, 5.74) is -0.172. The molecule has 0 atom stereocenters. The lowest BCUT2D eigenvalue weighted by Crippen LogP contribution is -2.08. The summed E-state index contributed by atoms with van der Waals surface area (Å²) < 4.78 is 5.33. The van der Waals surface area contributed by atoms with E-state index in [2.05, 4.69) is 4.98 Å². The van der Waals surface area contributed by atoms with Crippen molar-refractivity contribution in [3.63, 3.8) is 0 Å². The topological polar surface area (TPSA) is 103 Å². The highest BCUT2D eigenvalue weighted by atomic mass is 35.5. The van der Waals surface area contributed by atoms with E-state index in [1.54, 1.807) is 6.07 Å². The molecular formula is C13H9ClN2O5. The highest BCUT2D eigenvalue weighted by molar-refractivity contribution is 6.32. The third kappa shape index (κ3) is 3.26. The molecule has 2 aromatic rings. The molecule has 108 valence electrons. The monoisotopic (exact) mass is 308 g/mol. The second-order valence-corrected chi connectivity index (χ2v) is 4.36. The van der Waals surface area contributed by atoms with Crippen LogP contribution in [0.1, 0.15) is 16.1 Å². The molecule has 21 heavy (non-hydrogen) atoms. The third-order valence-corrected chi connectivity index (χ3v) is 2.91. The molecule has 0 amide bonds. The van der Waals surface area contributed by atoms with Crippen molar-refractivity contribution in [3.8, 4) is 5.75 Å². The number of ether oxygens (including phenoxy) is 1. The zero-order valence-electron chi connectivity index (χ0n) is 10.5. The number of nitrogens with zero attached hydrogens (tertiary/aromatic N) is 2. The summed E-state index contributed by atoms with van der Waals surface area (Å²) in [6.45, 7) is -0.194. The molecule has 0 unspecified atom stereocenters. The molecule has 8 heteroatoms. The summed E-state index contributed by atoms with van der Waals surface area (Å²) in [5.74, 6) is -1.31. The molecule has 1 aromatic carbocycles. The average Bonchev–Trinajstić information content (AvgIpc) is 2.45. The average molecular weight is 309 g/mol. The van der Waals surface area contributed by atoms with Gasteiger partial charge in [-0.3, -0.25) is 10.1 Å². The number of halogens is 1. The quantitative estimate of drug-likeness (QED) is 0.673. The summed E-state index contributed by atoms with van der Waals surface area (Å²) in [4.78, 5) is 25.0. The number of carboxylic acids is 1. The molecule has 2 rings (SSSR count). The van der Waals surface area contributed by atoms with E-state index in [0.717, 1.165) is 0 Å². The van der Waals surface area contributed by atoms with Crippen molar-refractivity contribution >= 4 is 23.3 Å². The van der Waals surface area contributed by atoms with Gasteiger partial charge in [0.15, 0.2) is 5.69 Å². The Balaban J connectivity index is 2.29. The van der Waals surface area contributed by atoms with Gasteiger partial charge in [-0.05, 0) is 12.1 Å². The fourth-order valence-electron chi connectivity index (χ4n) is 1.68. The summed E-state index contributed by atoms with van der Waals surface area (Å²) in [6.07, 6.45) is 1.34. The summed E-state index contributed by atoms with van der Waals surface area (Å²) in [7, 11) is 0. The number of hydrogen-bond acceptors (Lipinski definition) is 5. The fourth-order valence-corrected chi connectivity index (χ4v) is 1.91. The third-order valence-electron chi connectivity index (χ3n) is 2.61. The van der Waals surface area contributed by atoms with Crippen LogP contribution in [0.5, 0.6) is 5.75 Å². The Morgan fingerprint density at radius 2 is 2.14 bits per heavy atom. The second-order valence-electron chi connectivity index (χ2n) is 3.95. The Hall–Kier alpha value is -2.67. The van der Waals surface area contributed by atoms with Crippen LogP contribution in [-0.4, -0.2) is 21.0 Å². The molecule has 0 aliphatic rings. The number of rotatable bonds is 5. The van der Waals surface area contributed by atoms with Crippen LogP contribution in [0.25, 0.3) is 0 Å². The van der Waals surface area contributed by atoms with E-state index in [0.29, 0.717) is 5.56 Å². The standard InChI is InChI=1S/C13H9ClN2O5/c14-9-4-1-5-10(16(19)20)12(9)21-7-8-3-2-6-15-11(8)13(17)18/h1-6H,7H2,(H,17,18). The van der Waals surface area contributed by atoms with Crippen LogP contribution in [0.2, 0.25) is 5.02 Å². The number of benzene rings is 1. The van der Waals surface area contributed by atoms with Crippen LogP contribution in [0.3, 0.4) is 0 Å². The zero-order valence-corrected chi connectivity index (χ0v) is 11.3. The van der Waals surface area contributed by atoms with Crippen LogP contribution in [-0.2, 0) is 6.61 Å². The molecule has 0 fully saturated rings. The van der Waals surface area contributed by atoms with Crippen molar-refractivity contribution in [2.45, 2.75) is 6.61 Å². The maximum Gasteiger partial charge on any atom is 0.354 e. The van der Waals surface area contributed by atoms with Gasteiger partial charge in [0.1, 0.15) is 6.61 Å². The normalized spacial score (nSPS) is 10.1. The molecule has 0 saturated heterocycles. The fraction of sp³-hybridized carbons (Fsp3) is 0.0769. The smallest absolute Gasteiger partial charge is 0.354 e. The van der Waals surface area contributed by atoms with Crippen molar-refractivity contribution in [1.82, 2.24) is 4.98 Å². The Kier molecular flexibility index (Phi) is 4.34. The van der Waals surface area contributed by atoms with Crippen molar-refractivity contribution in [1.29, 1.82) is 0 Å². The molecule has 1 heterocycles. The van der Waals surface area contributed by atoms with Gasteiger partial charge < -0.3 is 9.84 Å². The number of nitro groups is 1. The first-order valence-electron chi connectivity index (χ1n) is 5.73. The minimum absolute atomic E-state index is 0.0740. The van der Waals surface area contributed by atoms with Crippen molar-refractivity contribution in [2.75, 3.05) is 0 Å². The first kappa shape index (κ1) is 14.7. The molecule has 0 bridgehead atoms. The van der Waals surface area contributed by atoms with E-state index in [1.165, 1.54) is 30.5 Å². The second kappa shape index (κ2) is 6.19. The Morgan fingerprint density at radius 1 is 1.38 bits per heavy atom. The van der Waals surface area contributed by atoms with E-state index in [9.17, 15) is 14.9 Å². The number of carboxylic acid groups (broad SMARTS) is 1. The number of nitro benzene ring substituents is 1. The van der Waals surface area contributed by atoms with Crippen molar-refractivity contribution < 1.29 is 19.6 Å². The largest absolute Gasteiger partial charge is 0.481 e. The van der Waals surface area contributed by atoms with Crippen molar-refractivity contribution in [2.24, 2.45) is 0 Å². The number of aromatic carboxylic acids is 1. The van der Waals surface area contributed by atoms with Gasteiger partial charge in [0, 0.05) is 17.8 Å². The van der Waals surface area contributed by atoms with Gasteiger partial charge in [-0.2, -0.15) is 0 Å². The molecule has 1 N–H and O–H groups in total. The number of pyridine rings is 1. The SMILES string of the molecule is O=C(O)c1ncccc1COc1c(Cl)cccc1[N+](=O)[O-]. The number of carbonyl (C=O) groups is 1. The molecule has 7 nitrogen and oxygen atoms in total. The van der Waals surface area contributed by atoms with E-state index in [1.807, 2.05) is 0 Å². The van der Waals surface area contributed by atoms with E-state index in [4.69, 9.17) is 21.4 Å². The predicted octanol–water partition coefficient (Wildman–Crippen LogP) is 2.92. The van der Waals surface area contributed by atoms with Gasteiger partial charge in [-0.15, -0.1) is 0 Å². The lowest BCUT2D eigenvalue weighted by Gasteiger charge is -2.09. The van der Waals surface area contributed by atoms with E-state index in [-0.39, 0.29) is 28.8 Å². The highest BCUT2D eigenvalue weighted by Crippen LogP contribution is 2.34. The molecule has 0 saturated carbocycles. The summed E-state index contributed by atoms with van der Waals surface area (Å²) in [5, 5.41) is 20.0. The first-order valence-corrected chi connectivity index (χ1v) is 6.11. The predicted molar refractivity (Wildman–Crippen MR) is 73.6 cm³/mol. The van der Waals surface area contributed by atoms with E-state index >= 15 is 0 Å². The number of hydrogen-bond donors (Lipinski definition) is 1. The lowest BCUT2D eigenvalue weighted by molar-refractivity contribution is -0.385. The van der Waals surface area contributed by atoms with Crippen LogP contribution in [0, 0.1) is 10.1 Å². The Bertz CT molecular complexity index is 705. The number of para-hydroxylation sites is 1. The zero-order chi connectivity index (χ0) is 15.4. The van der Waals surface area contributed by atoms with E-state index < -0.39 is 10.9 Å². The highest BCUT2D eigenvalue weighted by Gasteiger charge is 2.19. The summed E-state index contributed by atoms with van der Waals surface area (Å²) in [6, 6.07) is 7.19. The summed E-state index contributed by atoms with van der Waals surface area (Å²) >= 11 is 5.88. The Morgan fingerprint density at radius 3 is 2.81 bits per heavy atom. The molecule has 0 spiro atoms. The van der Waals surface area contributed by atoms with Crippen LogP contribution >= 0.6 is 11.6 Å². The van der Waals surface area contributed by atoms with Gasteiger partial charge in [0.25, 0.3) is 0 Å². The van der Waals surface area contributed by atoms with Crippen LogP contribution in [0.15, 0.2) is 36.5 Å². The molecular weight excluding hydrogens is 300 g/mol. The van der Waals surface area contributed by atoms with Crippen molar-refractivity contribution in [3.05, 3.63) is 62.9 Å². The molecule has 0 aliphatic heterocycles. The van der Waals surface area contributed by atoms with Gasteiger partial charge in [0.05, 0.1) is 9.95 Å². The first-order chi connectivity index (χ1) is 10.0.